The van der Waals surface area contributed by atoms with Gasteiger partial charge in [-0.2, -0.15) is 0 Å². The molecule has 0 aromatic heterocycles. The first-order chi connectivity index (χ1) is 8.22. The molecule has 1 saturated heterocycles. The van der Waals surface area contributed by atoms with Gasteiger partial charge in [-0.05, 0) is 12.1 Å². The van der Waals surface area contributed by atoms with E-state index in [1.165, 1.54) is 12.8 Å². The largest absolute Gasteiger partial charge is 0.496 e. The highest BCUT2D eigenvalue weighted by molar-refractivity contribution is 6.92. The number of rotatable bonds is 3. The average Bonchev–Trinajstić information content (AvgIpc) is 2.38. The molecule has 1 aliphatic rings. The number of ether oxygens (including phenoxy) is 1. The lowest BCUT2D eigenvalue weighted by molar-refractivity contribution is 0.106. The zero-order valence-electron chi connectivity index (χ0n) is 10.6. The van der Waals surface area contributed by atoms with Crippen LogP contribution in [0.4, 0.5) is 0 Å². The van der Waals surface area contributed by atoms with E-state index in [4.69, 9.17) is 4.74 Å². The summed E-state index contributed by atoms with van der Waals surface area (Å²) in [6, 6.07) is 7.54. The van der Waals surface area contributed by atoms with Gasteiger partial charge in [0.1, 0.15) is 11.4 Å². The first-order valence-electron chi connectivity index (χ1n) is 6.39. The van der Waals surface area contributed by atoms with Crippen molar-refractivity contribution < 1.29 is 9.53 Å². The Morgan fingerprint density at radius 3 is 2.88 bits per heavy atom. The van der Waals surface area contributed by atoms with Gasteiger partial charge in [-0.15, -0.1) is 0 Å². The maximum absolute atomic E-state index is 12.4. The lowest BCUT2D eigenvalue weighted by Crippen LogP contribution is -2.31. The summed E-state index contributed by atoms with van der Waals surface area (Å²) in [4.78, 5) is 12.4. The Morgan fingerprint density at radius 1 is 1.41 bits per heavy atom. The highest BCUT2D eigenvalue weighted by Crippen LogP contribution is 2.28. The second-order valence-electron chi connectivity index (χ2n) is 5.03. The molecule has 0 bridgehead atoms. The number of hydrogen-bond donors (Lipinski definition) is 0. The number of benzene rings is 1. The summed E-state index contributed by atoms with van der Waals surface area (Å²) in [6.45, 7) is 2.43. The van der Waals surface area contributed by atoms with Gasteiger partial charge < -0.3 is 9.53 Å². The first-order valence-corrected chi connectivity index (χ1v) is 6.39. The maximum atomic E-state index is 12.4. The third kappa shape index (κ3) is 2.71. The number of carbonyl (C=O) groups excluding carboxylic acids is 1. The summed E-state index contributed by atoms with van der Waals surface area (Å²) in [5.41, 5.74) is 1.00. The van der Waals surface area contributed by atoms with Gasteiger partial charge in [0.25, 0.3) is 0 Å². The SMILES string of the molecule is COc1ccccc1C(=O)B1CCCC(C)C1. The molecule has 0 amide bonds. The fourth-order valence-corrected chi connectivity index (χ4v) is 2.74. The molecule has 17 heavy (non-hydrogen) atoms. The maximum Gasteiger partial charge on any atom is 0.230 e. The second-order valence-corrected chi connectivity index (χ2v) is 5.03. The summed E-state index contributed by atoms with van der Waals surface area (Å²) < 4.78 is 5.26. The summed E-state index contributed by atoms with van der Waals surface area (Å²) in [6.07, 6.45) is 4.49. The number of para-hydroxylation sites is 1. The molecule has 0 radical (unpaired) electrons. The Hall–Kier alpha value is -1.25. The molecule has 2 rings (SSSR count). The van der Waals surface area contributed by atoms with Crippen molar-refractivity contribution in [2.24, 2.45) is 5.92 Å². The van der Waals surface area contributed by atoms with Crippen molar-refractivity contribution in [1.82, 2.24) is 0 Å². The van der Waals surface area contributed by atoms with Crippen LogP contribution in [0.1, 0.15) is 30.1 Å². The summed E-state index contributed by atoms with van der Waals surface area (Å²) >= 11 is 0. The van der Waals surface area contributed by atoms with Gasteiger partial charge in [-0.3, -0.25) is 0 Å². The Morgan fingerprint density at radius 2 is 2.18 bits per heavy atom. The van der Waals surface area contributed by atoms with Gasteiger partial charge in [0.2, 0.25) is 6.71 Å². The van der Waals surface area contributed by atoms with Crippen LogP contribution in [0.5, 0.6) is 5.75 Å². The smallest absolute Gasteiger partial charge is 0.230 e. The van der Waals surface area contributed by atoms with E-state index in [2.05, 4.69) is 6.92 Å². The van der Waals surface area contributed by atoms with Gasteiger partial charge in [0.05, 0.1) is 7.11 Å². The monoisotopic (exact) mass is 230 g/mol. The topological polar surface area (TPSA) is 26.3 Å². The molecule has 0 aliphatic carbocycles. The molecular formula is C14H19BO2. The van der Waals surface area contributed by atoms with E-state index in [1.807, 2.05) is 24.3 Å². The first kappa shape index (κ1) is 12.2. The van der Waals surface area contributed by atoms with Crippen LogP contribution in [0.3, 0.4) is 0 Å². The van der Waals surface area contributed by atoms with Crippen molar-refractivity contribution in [2.75, 3.05) is 7.11 Å². The third-order valence-corrected chi connectivity index (χ3v) is 3.68. The van der Waals surface area contributed by atoms with Crippen molar-refractivity contribution in [2.45, 2.75) is 32.4 Å². The van der Waals surface area contributed by atoms with Crippen molar-refractivity contribution in [1.29, 1.82) is 0 Å². The van der Waals surface area contributed by atoms with Crippen LogP contribution in [-0.4, -0.2) is 19.5 Å². The zero-order valence-corrected chi connectivity index (χ0v) is 10.6. The molecule has 0 saturated carbocycles. The van der Waals surface area contributed by atoms with Crippen molar-refractivity contribution in [3.8, 4) is 5.75 Å². The van der Waals surface area contributed by atoms with Gasteiger partial charge in [0.15, 0.2) is 0 Å². The normalized spacial score (nSPS) is 20.1. The zero-order chi connectivity index (χ0) is 12.3. The second kappa shape index (κ2) is 5.39. The summed E-state index contributed by atoms with van der Waals surface area (Å²) in [5.74, 6) is 1.38. The Kier molecular flexibility index (Phi) is 3.87. The summed E-state index contributed by atoms with van der Waals surface area (Å²) in [7, 11) is 1.62. The minimum atomic E-state index is 0.190. The molecule has 1 unspecified atom stereocenters. The lowest BCUT2D eigenvalue weighted by Gasteiger charge is -2.23. The van der Waals surface area contributed by atoms with E-state index in [-0.39, 0.29) is 12.4 Å². The van der Waals surface area contributed by atoms with Crippen molar-refractivity contribution in [3.63, 3.8) is 0 Å². The highest BCUT2D eigenvalue weighted by atomic mass is 16.5. The van der Waals surface area contributed by atoms with Gasteiger partial charge in [0, 0.05) is 5.56 Å². The van der Waals surface area contributed by atoms with Crippen LogP contribution in [0.15, 0.2) is 24.3 Å². The standard InChI is InChI=1S/C14H19BO2/c1-11-6-5-9-15(10-11)14(16)12-7-3-4-8-13(12)17-2/h3-4,7-8,11H,5-6,9-10H2,1-2H3. The quantitative estimate of drug-likeness (QED) is 0.744. The fourth-order valence-electron chi connectivity index (χ4n) is 2.74. The van der Waals surface area contributed by atoms with E-state index in [1.54, 1.807) is 7.11 Å². The molecule has 1 aromatic rings. The Labute approximate surface area is 103 Å². The van der Waals surface area contributed by atoms with Crippen molar-refractivity contribution in [3.05, 3.63) is 29.8 Å². The molecule has 2 nitrogen and oxygen atoms in total. The van der Waals surface area contributed by atoms with Crippen LogP contribution in [-0.2, 0) is 0 Å². The Balaban J connectivity index is 2.18. The molecule has 1 aromatic carbocycles. The van der Waals surface area contributed by atoms with Crippen molar-refractivity contribution >= 4 is 12.4 Å². The number of hydrogen-bond acceptors (Lipinski definition) is 2. The minimum Gasteiger partial charge on any atom is -0.496 e. The Bertz CT molecular complexity index is 403. The van der Waals surface area contributed by atoms with Gasteiger partial charge in [-0.25, -0.2) is 0 Å². The lowest BCUT2D eigenvalue weighted by atomic mass is 9.36. The molecule has 3 heteroatoms. The van der Waals surface area contributed by atoms with E-state index in [9.17, 15) is 4.79 Å². The third-order valence-electron chi connectivity index (χ3n) is 3.68. The molecule has 1 heterocycles. The minimum absolute atomic E-state index is 0.190. The summed E-state index contributed by atoms with van der Waals surface area (Å²) in [5, 5.41) is 0. The fraction of sp³-hybridized carbons (Fsp3) is 0.500. The number of methoxy groups -OCH3 is 1. The van der Waals surface area contributed by atoms with E-state index < -0.39 is 0 Å². The highest BCUT2D eigenvalue weighted by Gasteiger charge is 2.30. The molecule has 0 spiro atoms. The number of carbonyl (C=O) groups is 1. The van der Waals surface area contributed by atoms with Gasteiger partial charge >= 0.3 is 0 Å². The van der Waals surface area contributed by atoms with E-state index in [0.717, 1.165) is 18.2 Å². The molecule has 1 aliphatic heterocycles. The van der Waals surface area contributed by atoms with E-state index in [0.29, 0.717) is 11.7 Å². The molecule has 1 fully saturated rings. The van der Waals surface area contributed by atoms with Crippen LogP contribution in [0, 0.1) is 5.92 Å². The van der Waals surface area contributed by atoms with Gasteiger partial charge in [-0.1, -0.05) is 50.5 Å². The molecule has 90 valence electrons. The van der Waals surface area contributed by atoms with Crippen LogP contribution in [0.2, 0.25) is 12.6 Å². The van der Waals surface area contributed by atoms with Crippen LogP contribution < -0.4 is 4.74 Å². The van der Waals surface area contributed by atoms with Crippen LogP contribution in [0.25, 0.3) is 0 Å². The average molecular weight is 230 g/mol. The molecule has 1 atom stereocenters. The molecule has 0 N–H and O–H groups in total. The van der Waals surface area contributed by atoms with E-state index >= 15 is 0 Å². The predicted octanol–water partition coefficient (Wildman–Crippen LogP) is 3.34. The molecular weight excluding hydrogens is 211 g/mol. The van der Waals surface area contributed by atoms with Crippen LogP contribution >= 0.6 is 0 Å². The predicted molar refractivity (Wildman–Crippen MR) is 71.1 cm³/mol.